The fraction of sp³-hybridized carbons (Fsp3) is 0.429. The average Bonchev–Trinajstić information content (AvgIpc) is 2.87. The Hall–Kier alpha value is -2.24. The number of rotatable bonds is 5. The minimum atomic E-state index is -0.202. The molecule has 0 saturated heterocycles. The predicted molar refractivity (Wildman–Crippen MR) is 75.1 cm³/mol. The second-order valence-corrected chi connectivity index (χ2v) is 4.79. The van der Waals surface area contributed by atoms with Gasteiger partial charge >= 0.3 is 0 Å². The molecule has 1 N–H and O–H groups in total. The van der Waals surface area contributed by atoms with Crippen molar-refractivity contribution in [1.29, 1.82) is 0 Å². The van der Waals surface area contributed by atoms with Gasteiger partial charge in [0.15, 0.2) is 0 Å². The van der Waals surface area contributed by atoms with E-state index in [2.05, 4.69) is 27.1 Å². The summed E-state index contributed by atoms with van der Waals surface area (Å²) in [5.74, 6) is 0.758. The number of amides is 1. The third kappa shape index (κ3) is 3.40. The molecule has 0 unspecified atom stereocenters. The van der Waals surface area contributed by atoms with Crippen molar-refractivity contribution in [2.45, 2.75) is 33.2 Å². The summed E-state index contributed by atoms with van der Waals surface area (Å²) < 4.78 is 0. The Kier molecular flexibility index (Phi) is 4.45. The van der Waals surface area contributed by atoms with Crippen LogP contribution in [0.1, 0.15) is 41.2 Å². The van der Waals surface area contributed by atoms with Gasteiger partial charge in [0.05, 0.1) is 12.2 Å². The first-order valence-corrected chi connectivity index (χ1v) is 6.69. The minimum Gasteiger partial charge on any atom is -0.333 e. The molecule has 0 spiro atoms. The highest BCUT2D eigenvalue weighted by Crippen LogP contribution is 2.05. The van der Waals surface area contributed by atoms with Gasteiger partial charge in [0.25, 0.3) is 5.91 Å². The van der Waals surface area contributed by atoms with Gasteiger partial charge in [0, 0.05) is 19.2 Å². The number of aromatic nitrogens is 4. The van der Waals surface area contributed by atoms with E-state index in [1.165, 1.54) is 0 Å². The van der Waals surface area contributed by atoms with Crippen LogP contribution in [0.4, 0.5) is 0 Å². The van der Waals surface area contributed by atoms with E-state index in [4.69, 9.17) is 0 Å². The maximum Gasteiger partial charge on any atom is 0.293 e. The van der Waals surface area contributed by atoms with Gasteiger partial charge in [-0.1, -0.05) is 13.0 Å². The molecule has 0 fully saturated rings. The summed E-state index contributed by atoms with van der Waals surface area (Å²) in [6.45, 7) is 4.43. The number of hydrogen-bond acceptors (Lipinski definition) is 4. The summed E-state index contributed by atoms with van der Waals surface area (Å²) in [7, 11) is 1.72. The van der Waals surface area contributed by atoms with E-state index in [-0.39, 0.29) is 11.7 Å². The molecule has 0 aliphatic rings. The zero-order valence-electron chi connectivity index (χ0n) is 12.1. The third-order valence-corrected chi connectivity index (χ3v) is 2.90. The molecule has 6 nitrogen and oxygen atoms in total. The second kappa shape index (κ2) is 6.27. The number of carbonyl (C=O) groups excluding carboxylic acids is 1. The highest BCUT2D eigenvalue weighted by atomic mass is 16.2. The Morgan fingerprint density at radius 3 is 2.85 bits per heavy atom. The lowest BCUT2D eigenvalue weighted by Crippen LogP contribution is -2.27. The highest BCUT2D eigenvalue weighted by molar-refractivity contribution is 5.90. The highest BCUT2D eigenvalue weighted by Gasteiger charge is 2.17. The van der Waals surface area contributed by atoms with Gasteiger partial charge in [-0.15, -0.1) is 5.10 Å². The quantitative estimate of drug-likeness (QED) is 0.900. The standard InChI is InChI=1S/C14H19N5O/c1-4-6-12-16-13(18-17-12)14(20)19(3)9-11-8-5-7-10(2)15-11/h5,7-8H,4,6,9H2,1-3H3,(H,16,17,18). The SMILES string of the molecule is CCCc1nc(C(=O)N(C)Cc2cccc(C)n2)n[nH]1. The molecular weight excluding hydrogens is 254 g/mol. The molecule has 1 amide bonds. The zero-order chi connectivity index (χ0) is 14.5. The van der Waals surface area contributed by atoms with Crippen LogP contribution in [0.25, 0.3) is 0 Å². The summed E-state index contributed by atoms with van der Waals surface area (Å²) in [6, 6.07) is 5.76. The number of aromatic amines is 1. The predicted octanol–water partition coefficient (Wildman–Crippen LogP) is 1.73. The van der Waals surface area contributed by atoms with Gasteiger partial charge < -0.3 is 4.90 Å². The monoisotopic (exact) mass is 273 g/mol. The van der Waals surface area contributed by atoms with Crippen molar-refractivity contribution in [3.8, 4) is 0 Å². The number of nitrogens with one attached hydrogen (secondary N) is 1. The van der Waals surface area contributed by atoms with Crippen LogP contribution in [0.5, 0.6) is 0 Å². The first-order valence-electron chi connectivity index (χ1n) is 6.69. The van der Waals surface area contributed by atoms with Gasteiger partial charge in [-0.05, 0) is 25.5 Å². The summed E-state index contributed by atoms with van der Waals surface area (Å²) in [4.78, 5) is 22.4. The summed E-state index contributed by atoms with van der Waals surface area (Å²) in [6.07, 6.45) is 1.76. The van der Waals surface area contributed by atoms with Crippen LogP contribution in [0.3, 0.4) is 0 Å². The van der Waals surface area contributed by atoms with Crippen LogP contribution < -0.4 is 0 Å². The van der Waals surface area contributed by atoms with Gasteiger partial charge in [-0.2, -0.15) is 0 Å². The Labute approximate surface area is 118 Å². The molecular formula is C14H19N5O. The van der Waals surface area contributed by atoms with E-state index in [1.807, 2.05) is 25.1 Å². The van der Waals surface area contributed by atoms with Crippen LogP contribution in [0, 0.1) is 6.92 Å². The Balaban J connectivity index is 2.04. The number of hydrogen-bond donors (Lipinski definition) is 1. The number of H-pyrrole nitrogens is 1. The first kappa shape index (κ1) is 14.2. The maximum absolute atomic E-state index is 12.2. The third-order valence-electron chi connectivity index (χ3n) is 2.90. The molecule has 2 aromatic rings. The number of nitrogens with zero attached hydrogens (tertiary/aromatic N) is 4. The van der Waals surface area contributed by atoms with E-state index >= 15 is 0 Å². The van der Waals surface area contributed by atoms with Crippen molar-refractivity contribution < 1.29 is 4.79 Å². The fourth-order valence-electron chi connectivity index (χ4n) is 1.91. The molecule has 0 aromatic carbocycles. The van der Waals surface area contributed by atoms with E-state index in [0.29, 0.717) is 6.54 Å². The van der Waals surface area contributed by atoms with E-state index in [9.17, 15) is 4.79 Å². The normalized spacial score (nSPS) is 10.6. The lowest BCUT2D eigenvalue weighted by Gasteiger charge is -2.14. The first-order chi connectivity index (χ1) is 9.60. The summed E-state index contributed by atoms with van der Waals surface area (Å²) in [5, 5.41) is 6.76. The van der Waals surface area contributed by atoms with Crippen molar-refractivity contribution in [3.05, 3.63) is 41.2 Å². The minimum absolute atomic E-state index is 0.202. The van der Waals surface area contributed by atoms with Crippen molar-refractivity contribution in [2.24, 2.45) is 0 Å². The van der Waals surface area contributed by atoms with Gasteiger partial charge in [-0.25, -0.2) is 4.98 Å². The van der Waals surface area contributed by atoms with Crippen molar-refractivity contribution >= 4 is 5.91 Å². The van der Waals surface area contributed by atoms with Crippen LogP contribution in [-0.2, 0) is 13.0 Å². The maximum atomic E-state index is 12.2. The fourth-order valence-corrected chi connectivity index (χ4v) is 1.91. The Morgan fingerprint density at radius 1 is 1.35 bits per heavy atom. The molecule has 0 aliphatic heterocycles. The lowest BCUT2D eigenvalue weighted by molar-refractivity contribution is 0.0771. The molecule has 0 saturated carbocycles. The van der Waals surface area contributed by atoms with Crippen molar-refractivity contribution in [2.75, 3.05) is 7.05 Å². The summed E-state index contributed by atoms with van der Waals surface area (Å²) >= 11 is 0. The number of pyridine rings is 1. The molecule has 6 heteroatoms. The lowest BCUT2D eigenvalue weighted by atomic mass is 10.3. The van der Waals surface area contributed by atoms with Crippen molar-refractivity contribution in [3.63, 3.8) is 0 Å². The van der Waals surface area contributed by atoms with Gasteiger partial charge in [0.1, 0.15) is 5.82 Å². The smallest absolute Gasteiger partial charge is 0.293 e. The van der Waals surface area contributed by atoms with Crippen LogP contribution >= 0.6 is 0 Å². The molecule has 0 bridgehead atoms. The number of carbonyl (C=O) groups is 1. The topological polar surface area (TPSA) is 74.8 Å². The molecule has 0 atom stereocenters. The van der Waals surface area contributed by atoms with E-state index in [1.54, 1.807) is 11.9 Å². The van der Waals surface area contributed by atoms with Crippen molar-refractivity contribution in [1.82, 2.24) is 25.1 Å². The Morgan fingerprint density at radius 2 is 2.15 bits per heavy atom. The zero-order valence-corrected chi connectivity index (χ0v) is 12.1. The van der Waals surface area contributed by atoms with Crippen LogP contribution in [-0.4, -0.2) is 38.0 Å². The van der Waals surface area contributed by atoms with Gasteiger partial charge in [0.2, 0.25) is 5.82 Å². The molecule has 2 aromatic heterocycles. The molecule has 106 valence electrons. The molecule has 2 heterocycles. The largest absolute Gasteiger partial charge is 0.333 e. The Bertz CT molecular complexity index is 593. The molecule has 20 heavy (non-hydrogen) atoms. The molecule has 0 radical (unpaired) electrons. The molecule has 2 rings (SSSR count). The van der Waals surface area contributed by atoms with Crippen LogP contribution in [0.2, 0.25) is 0 Å². The number of aryl methyl sites for hydroxylation is 2. The average molecular weight is 273 g/mol. The van der Waals surface area contributed by atoms with Crippen LogP contribution in [0.15, 0.2) is 18.2 Å². The second-order valence-electron chi connectivity index (χ2n) is 4.79. The van der Waals surface area contributed by atoms with E-state index < -0.39 is 0 Å². The van der Waals surface area contributed by atoms with Gasteiger partial charge in [-0.3, -0.25) is 14.9 Å². The molecule has 0 aliphatic carbocycles. The summed E-state index contributed by atoms with van der Waals surface area (Å²) in [5.41, 5.74) is 1.79. The van der Waals surface area contributed by atoms with E-state index in [0.717, 1.165) is 30.1 Å².